The molecule has 26 heavy (non-hydrogen) atoms. The van der Waals surface area contributed by atoms with E-state index in [1.54, 1.807) is 29.0 Å². The maximum atomic E-state index is 12.6. The van der Waals surface area contributed by atoms with Crippen LogP contribution in [0, 0.1) is 0 Å². The van der Waals surface area contributed by atoms with Gasteiger partial charge in [0.25, 0.3) is 5.91 Å². The van der Waals surface area contributed by atoms with Gasteiger partial charge in [-0.3, -0.25) is 4.79 Å². The van der Waals surface area contributed by atoms with Gasteiger partial charge in [-0.2, -0.15) is 13.2 Å². The number of halogens is 3. The van der Waals surface area contributed by atoms with E-state index in [9.17, 15) is 18.0 Å². The predicted molar refractivity (Wildman–Crippen MR) is 91.1 cm³/mol. The normalized spacial score (nSPS) is 15.1. The Morgan fingerprint density at radius 2 is 1.77 bits per heavy atom. The van der Waals surface area contributed by atoms with Gasteiger partial charge in [0.05, 0.1) is 5.56 Å². The first-order valence-electron chi connectivity index (χ1n) is 8.10. The number of piperazine rings is 1. The molecule has 0 saturated carbocycles. The Balaban J connectivity index is 1.62. The third-order valence-electron chi connectivity index (χ3n) is 4.21. The summed E-state index contributed by atoms with van der Waals surface area (Å²) in [6.07, 6.45) is -2.89. The summed E-state index contributed by atoms with van der Waals surface area (Å²) in [6, 6.07) is 7.23. The van der Waals surface area contributed by atoms with Gasteiger partial charge in [0.1, 0.15) is 0 Å². The van der Waals surface area contributed by atoms with Crippen LogP contribution in [0.15, 0.2) is 36.7 Å². The van der Waals surface area contributed by atoms with Crippen molar-refractivity contribution >= 4 is 17.5 Å². The van der Waals surface area contributed by atoms with Crippen LogP contribution in [0.3, 0.4) is 0 Å². The number of aromatic nitrogens is 2. The Morgan fingerprint density at radius 3 is 2.35 bits per heavy atom. The van der Waals surface area contributed by atoms with E-state index in [2.05, 4.69) is 15.3 Å². The third-order valence-corrected chi connectivity index (χ3v) is 4.21. The second-order valence-electron chi connectivity index (χ2n) is 5.88. The zero-order valence-corrected chi connectivity index (χ0v) is 14.1. The Bertz CT molecular complexity index is 771. The lowest BCUT2D eigenvalue weighted by Crippen LogP contribution is -2.49. The fourth-order valence-corrected chi connectivity index (χ4v) is 2.73. The zero-order valence-electron chi connectivity index (χ0n) is 14.1. The van der Waals surface area contributed by atoms with E-state index < -0.39 is 11.7 Å². The molecule has 0 atom stereocenters. The highest BCUT2D eigenvalue weighted by atomic mass is 19.4. The highest BCUT2D eigenvalue weighted by molar-refractivity contribution is 5.95. The summed E-state index contributed by atoms with van der Waals surface area (Å²) < 4.78 is 37.7. The second-order valence-corrected chi connectivity index (χ2v) is 5.88. The molecule has 0 aliphatic carbocycles. The molecule has 1 aliphatic rings. The summed E-state index contributed by atoms with van der Waals surface area (Å²) >= 11 is 0. The molecule has 1 aromatic carbocycles. The number of hydrogen-bond acceptors (Lipinski definition) is 5. The van der Waals surface area contributed by atoms with Crippen molar-refractivity contribution < 1.29 is 18.0 Å². The van der Waals surface area contributed by atoms with Crippen molar-refractivity contribution in [1.29, 1.82) is 0 Å². The van der Waals surface area contributed by atoms with Crippen molar-refractivity contribution in [3.63, 3.8) is 0 Å². The molecule has 1 aromatic heterocycles. The van der Waals surface area contributed by atoms with E-state index in [-0.39, 0.29) is 11.9 Å². The lowest BCUT2D eigenvalue weighted by Gasteiger charge is -2.34. The van der Waals surface area contributed by atoms with Crippen LogP contribution in [0.1, 0.15) is 15.9 Å². The average molecular weight is 365 g/mol. The molecule has 9 heteroatoms. The van der Waals surface area contributed by atoms with E-state index in [4.69, 9.17) is 0 Å². The fraction of sp³-hybridized carbons (Fsp3) is 0.353. The minimum Gasteiger partial charge on any atom is -0.388 e. The maximum absolute atomic E-state index is 12.6. The van der Waals surface area contributed by atoms with Crippen LogP contribution in [-0.4, -0.2) is 54.0 Å². The monoisotopic (exact) mass is 365 g/mol. The molecule has 1 aliphatic heterocycles. The van der Waals surface area contributed by atoms with Gasteiger partial charge in [-0.1, -0.05) is 6.07 Å². The number of nitrogens with one attached hydrogen (secondary N) is 1. The molecule has 1 N–H and O–H groups in total. The van der Waals surface area contributed by atoms with Gasteiger partial charge in [-0.15, -0.1) is 0 Å². The van der Waals surface area contributed by atoms with E-state index in [0.29, 0.717) is 31.7 Å². The molecule has 0 unspecified atom stereocenters. The molecule has 1 amide bonds. The first-order chi connectivity index (χ1) is 12.4. The van der Waals surface area contributed by atoms with E-state index >= 15 is 0 Å². The van der Waals surface area contributed by atoms with E-state index in [1.165, 1.54) is 0 Å². The lowest BCUT2D eigenvalue weighted by atomic mass is 10.1. The van der Waals surface area contributed by atoms with Crippen molar-refractivity contribution in [1.82, 2.24) is 14.9 Å². The van der Waals surface area contributed by atoms with Gasteiger partial charge in [-0.05, 0) is 18.2 Å². The van der Waals surface area contributed by atoms with Gasteiger partial charge in [-0.25, -0.2) is 9.97 Å². The summed E-state index contributed by atoms with van der Waals surface area (Å²) in [5.41, 5.74) is 0.572. The van der Waals surface area contributed by atoms with E-state index in [0.717, 1.165) is 18.1 Å². The third kappa shape index (κ3) is 3.87. The Kier molecular flexibility index (Phi) is 4.97. The summed E-state index contributed by atoms with van der Waals surface area (Å²) in [7, 11) is 1.78. The second kappa shape index (κ2) is 7.19. The Labute approximate surface area is 148 Å². The first-order valence-corrected chi connectivity index (χ1v) is 8.10. The van der Waals surface area contributed by atoms with Crippen molar-refractivity contribution in [3.8, 4) is 0 Å². The van der Waals surface area contributed by atoms with Crippen LogP contribution >= 0.6 is 0 Å². The highest BCUT2D eigenvalue weighted by Gasteiger charge is 2.32. The van der Waals surface area contributed by atoms with Gasteiger partial charge >= 0.3 is 6.18 Å². The van der Waals surface area contributed by atoms with Crippen molar-refractivity contribution in [2.45, 2.75) is 6.18 Å². The number of anilines is 2. The Morgan fingerprint density at radius 1 is 1.12 bits per heavy atom. The quantitative estimate of drug-likeness (QED) is 0.906. The molecule has 138 valence electrons. The smallest absolute Gasteiger partial charge is 0.388 e. The molecular formula is C17H18F3N5O. The van der Waals surface area contributed by atoms with Crippen LogP contribution in [0.4, 0.5) is 24.8 Å². The molecule has 1 fully saturated rings. The van der Waals surface area contributed by atoms with Crippen molar-refractivity contribution in [3.05, 3.63) is 47.8 Å². The number of carbonyl (C=O) groups is 1. The molecule has 0 spiro atoms. The molecule has 0 radical (unpaired) electrons. The van der Waals surface area contributed by atoms with Crippen LogP contribution in [0.25, 0.3) is 0 Å². The van der Waals surface area contributed by atoms with Crippen LogP contribution < -0.4 is 10.2 Å². The standard InChI is InChI=1S/C17H18F3N5O/c1-21-14-4-2-3-12(9-14)15(26)24-5-7-25(8-6-24)16-22-10-13(11-23-16)17(18,19)20/h2-4,9-11,21H,5-8H2,1H3. The number of rotatable bonds is 3. The number of alkyl halides is 3. The number of amides is 1. The van der Waals surface area contributed by atoms with Gasteiger partial charge in [0, 0.05) is 56.9 Å². The molecule has 3 rings (SSSR count). The molecular weight excluding hydrogens is 347 g/mol. The van der Waals surface area contributed by atoms with Crippen LogP contribution in [-0.2, 0) is 6.18 Å². The maximum Gasteiger partial charge on any atom is 0.419 e. The minimum absolute atomic E-state index is 0.0740. The molecule has 0 bridgehead atoms. The number of hydrogen-bond donors (Lipinski definition) is 1. The van der Waals surface area contributed by atoms with Crippen molar-refractivity contribution in [2.75, 3.05) is 43.4 Å². The summed E-state index contributed by atoms with van der Waals surface area (Å²) in [5.74, 6) is 0.164. The fourth-order valence-electron chi connectivity index (χ4n) is 2.73. The summed E-state index contributed by atoms with van der Waals surface area (Å²) in [5, 5.41) is 2.99. The average Bonchev–Trinajstić information content (AvgIpc) is 2.67. The molecule has 6 nitrogen and oxygen atoms in total. The largest absolute Gasteiger partial charge is 0.419 e. The van der Waals surface area contributed by atoms with E-state index in [1.807, 2.05) is 12.1 Å². The van der Waals surface area contributed by atoms with Crippen LogP contribution in [0.2, 0.25) is 0 Å². The Hall–Kier alpha value is -2.84. The molecule has 1 saturated heterocycles. The van der Waals surface area contributed by atoms with Gasteiger partial charge in [0.2, 0.25) is 5.95 Å². The summed E-state index contributed by atoms with van der Waals surface area (Å²) in [4.78, 5) is 23.7. The van der Waals surface area contributed by atoms with Gasteiger partial charge in [0.15, 0.2) is 0 Å². The number of carbonyl (C=O) groups excluding carboxylic acids is 1. The number of nitrogens with zero attached hydrogens (tertiary/aromatic N) is 4. The zero-order chi connectivity index (χ0) is 18.7. The highest BCUT2D eigenvalue weighted by Crippen LogP contribution is 2.28. The first kappa shape index (κ1) is 18.0. The predicted octanol–water partition coefficient (Wildman–Crippen LogP) is 2.50. The minimum atomic E-state index is -4.45. The van der Waals surface area contributed by atoms with Crippen LogP contribution in [0.5, 0.6) is 0 Å². The SMILES string of the molecule is CNc1cccc(C(=O)N2CCN(c3ncc(C(F)(F)F)cn3)CC2)c1. The van der Waals surface area contributed by atoms with Crippen molar-refractivity contribution in [2.24, 2.45) is 0 Å². The molecule has 2 aromatic rings. The lowest BCUT2D eigenvalue weighted by molar-refractivity contribution is -0.138. The van der Waals surface area contributed by atoms with Gasteiger partial charge < -0.3 is 15.1 Å². The topological polar surface area (TPSA) is 61.4 Å². The summed E-state index contributed by atoms with van der Waals surface area (Å²) in [6.45, 7) is 1.83. The number of benzene rings is 1. The molecule has 2 heterocycles.